The highest BCUT2D eigenvalue weighted by molar-refractivity contribution is 6.33. The first-order chi connectivity index (χ1) is 11.6. The number of nitrogens with zero attached hydrogens (tertiary/aromatic N) is 3. The summed E-state index contributed by atoms with van der Waals surface area (Å²) < 4.78 is 18.8. The smallest absolute Gasteiger partial charge is 0.167 e. The van der Waals surface area contributed by atoms with Crippen LogP contribution in [0, 0.1) is 17.1 Å². The molecule has 1 saturated heterocycles. The Kier molecular flexibility index (Phi) is 4.77. The van der Waals surface area contributed by atoms with Gasteiger partial charge in [0.2, 0.25) is 0 Å². The van der Waals surface area contributed by atoms with E-state index in [0.29, 0.717) is 23.7 Å². The van der Waals surface area contributed by atoms with Crippen molar-refractivity contribution in [3.8, 4) is 11.8 Å². The fourth-order valence-corrected chi connectivity index (χ4v) is 3.26. The molecular weight excluding hydrogens is 329 g/mol. The quantitative estimate of drug-likeness (QED) is 0.850. The molecule has 0 atom stereocenters. The molecule has 1 aliphatic rings. The van der Waals surface area contributed by atoms with Crippen molar-refractivity contribution in [2.75, 3.05) is 43.1 Å². The normalized spacial score (nSPS) is 14.4. The highest BCUT2D eigenvalue weighted by atomic mass is 35.5. The standard InChI is InChI=1S/C18H17ClFN3O/c1-24-17-6-5-14(11-16(17)20)22-7-9-23(10-8-22)18-13(12-21)3-2-4-15(18)19/h2-6,11H,7-10H2,1H3. The van der Waals surface area contributed by atoms with Gasteiger partial charge in [-0.2, -0.15) is 5.26 Å². The molecule has 0 unspecified atom stereocenters. The molecule has 1 aliphatic heterocycles. The molecule has 124 valence electrons. The summed E-state index contributed by atoms with van der Waals surface area (Å²) in [5, 5.41) is 9.87. The fourth-order valence-electron chi connectivity index (χ4n) is 2.97. The van der Waals surface area contributed by atoms with Crippen LogP contribution in [-0.4, -0.2) is 33.3 Å². The largest absolute Gasteiger partial charge is 0.494 e. The first-order valence-corrected chi connectivity index (χ1v) is 8.04. The van der Waals surface area contributed by atoms with E-state index in [1.165, 1.54) is 13.2 Å². The summed E-state index contributed by atoms with van der Waals surface area (Å²) in [4.78, 5) is 4.22. The lowest BCUT2D eigenvalue weighted by Gasteiger charge is -2.38. The number of hydrogen-bond acceptors (Lipinski definition) is 4. The molecule has 0 radical (unpaired) electrons. The van der Waals surface area contributed by atoms with E-state index < -0.39 is 0 Å². The number of para-hydroxylation sites is 1. The van der Waals surface area contributed by atoms with Crippen LogP contribution in [0.15, 0.2) is 36.4 Å². The van der Waals surface area contributed by atoms with Crippen molar-refractivity contribution in [2.45, 2.75) is 0 Å². The lowest BCUT2D eigenvalue weighted by molar-refractivity contribution is 0.386. The van der Waals surface area contributed by atoms with Crippen LogP contribution in [0.3, 0.4) is 0 Å². The van der Waals surface area contributed by atoms with Crippen molar-refractivity contribution in [1.29, 1.82) is 5.26 Å². The Labute approximate surface area is 145 Å². The number of halogens is 2. The van der Waals surface area contributed by atoms with Crippen LogP contribution in [0.2, 0.25) is 5.02 Å². The lowest BCUT2D eigenvalue weighted by Crippen LogP contribution is -2.46. The third kappa shape index (κ3) is 3.10. The van der Waals surface area contributed by atoms with Crippen LogP contribution in [-0.2, 0) is 0 Å². The number of nitriles is 1. The second-order valence-corrected chi connectivity index (χ2v) is 5.95. The minimum atomic E-state index is -0.365. The maximum Gasteiger partial charge on any atom is 0.167 e. The maximum atomic E-state index is 13.9. The number of piperazine rings is 1. The van der Waals surface area contributed by atoms with E-state index >= 15 is 0 Å². The predicted molar refractivity (Wildman–Crippen MR) is 93.5 cm³/mol. The van der Waals surface area contributed by atoms with Gasteiger partial charge in [0.15, 0.2) is 11.6 Å². The molecule has 1 heterocycles. The van der Waals surface area contributed by atoms with E-state index in [4.69, 9.17) is 16.3 Å². The minimum absolute atomic E-state index is 0.243. The van der Waals surface area contributed by atoms with Crippen LogP contribution in [0.5, 0.6) is 5.75 Å². The van der Waals surface area contributed by atoms with Gasteiger partial charge in [0.05, 0.1) is 23.4 Å². The SMILES string of the molecule is COc1ccc(N2CCN(c3c(Cl)cccc3C#N)CC2)cc1F. The number of methoxy groups -OCH3 is 1. The summed E-state index contributed by atoms with van der Waals surface area (Å²) in [6.07, 6.45) is 0. The van der Waals surface area contributed by atoms with Crippen LogP contribution < -0.4 is 14.5 Å². The molecule has 0 aromatic heterocycles. The second-order valence-electron chi connectivity index (χ2n) is 5.54. The van der Waals surface area contributed by atoms with Crippen LogP contribution >= 0.6 is 11.6 Å². The Balaban J connectivity index is 1.75. The molecule has 4 nitrogen and oxygen atoms in total. The van der Waals surface area contributed by atoms with Crippen molar-refractivity contribution >= 4 is 23.0 Å². The zero-order valence-electron chi connectivity index (χ0n) is 13.3. The van der Waals surface area contributed by atoms with E-state index in [9.17, 15) is 9.65 Å². The minimum Gasteiger partial charge on any atom is -0.494 e. The third-order valence-corrected chi connectivity index (χ3v) is 4.51. The molecule has 0 spiro atoms. The van der Waals surface area contributed by atoms with Crippen molar-refractivity contribution in [3.63, 3.8) is 0 Å². The summed E-state index contributed by atoms with van der Waals surface area (Å²) in [6, 6.07) is 12.5. The average molecular weight is 346 g/mol. The molecule has 2 aromatic rings. The van der Waals surface area contributed by atoms with Gasteiger partial charge in [-0.15, -0.1) is 0 Å². The Morgan fingerprint density at radius 1 is 1.12 bits per heavy atom. The monoisotopic (exact) mass is 345 g/mol. The van der Waals surface area contributed by atoms with Crippen LogP contribution in [0.1, 0.15) is 5.56 Å². The zero-order valence-corrected chi connectivity index (χ0v) is 14.1. The molecule has 0 amide bonds. The van der Waals surface area contributed by atoms with Gasteiger partial charge in [0.1, 0.15) is 6.07 Å². The van der Waals surface area contributed by atoms with Gasteiger partial charge in [0.25, 0.3) is 0 Å². The van der Waals surface area contributed by atoms with Crippen molar-refractivity contribution in [3.05, 3.63) is 52.8 Å². The van der Waals surface area contributed by atoms with Gasteiger partial charge >= 0.3 is 0 Å². The van der Waals surface area contributed by atoms with Crippen LogP contribution in [0.25, 0.3) is 0 Å². The molecule has 3 rings (SSSR count). The maximum absolute atomic E-state index is 13.9. The summed E-state index contributed by atoms with van der Waals surface area (Å²) in [7, 11) is 1.45. The van der Waals surface area contributed by atoms with Crippen molar-refractivity contribution in [1.82, 2.24) is 0 Å². The molecule has 0 saturated carbocycles. The van der Waals surface area contributed by atoms with Gasteiger partial charge in [-0.1, -0.05) is 17.7 Å². The highest BCUT2D eigenvalue weighted by Crippen LogP contribution is 2.31. The number of anilines is 2. The van der Waals surface area contributed by atoms with Crippen molar-refractivity contribution in [2.24, 2.45) is 0 Å². The number of hydrogen-bond donors (Lipinski definition) is 0. The van der Waals surface area contributed by atoms with E-state index in [0.717, 1.165) is 24.5 Å². The van der Waals surface area contributed by atoms with Crippen molar-refractivity contribution < 1.29 is 9.13 Å². The zero-order chi connectivity index (χ0) is 17.1. The highest BCUT2D eigenvalue weighted by Gasteiger charge is 2.22. The first-order valence-electron chi connectivity index (χ1n) is 7.66. The second kappa shape index (κ2) is 6.98. The topological polar surface area (TPSA) is 39.5 Å². The molecule has 0 aliphatic carbocycles. The van der Waals surface area contributed by atoms with Gasteiger partial charge in [0, 0.05) is 37.9 Å². The Bertz CT molecular complexity index is 782. The van der Waals surface area contributed by atoms with E-state index in [2.05, 4.69) is 15.9 Å². The van der Waals surface area contributed by atoms with Crippen LogP contribution in [0.4, 0.5) is 15.8 Å². The van der Waals surface area contributed by atoms with E-state index in [1.807, 2.05) is 6.07 Å². The number of ether oxygens (including phenoxy) is 1. The Hall–Kier alpha value is -2.45. The molecule has 6 heteroatoms. The number of rotatable bonds is 3. The molecule has 1 fully saturated rings. The molecule has 24 heavy (non-hydrogen) atoms. The van der Waals surface area contributed by atoms with E-state index in [1.54, 1.807) is 24.3 Å². The van der Waals surface area contributed by atoms with Gasteiger partial charge in [-0.3, -0.25) is 0 Å². The summed E-state index contributed by atoms with van der Waals surface area (Å²) in [6.45, 7) is 2.88. The summed E-state index contributed by atoms with van der Waals surface area (Å²) in [5.74, 6) is -0.123. The average Bonchev–Trinajstić information content (AvgIpc) is 2.61. The Morgan fingerprint density at radius 3 is 2.46 bits per heavy atom. The first kappa shape index (κ1) is 16.4. The summed E-state index contributed by atoms with van der Waals surface area (Å²) in [5.41, 5.74) is 2.18. The molecule has 0 N–H and O–H groups in total. The predicted octanol–water partition coefficient (Wildman–Crippen LogP) is 3.69. The third-order valence-electron chi connectivity index (χ3n) is 4.20. The molecular formula is C18H17ClFN3O. The number of benzene rings is 2. The van der Waals surface area contributed by atoms with Gasteiger partial charge in [-0.25, -0.2) is 4.39 Å². The fraction of sp³-hybridized carbons (Fsp3) is 0.278. The Morgan fingerprint density at radius 2 is 1.83 bits per heavy atom. The van der Waals surface area contributed by atoms with Gasteiger partial charge in [-0.05, 0) is 24.3 Å². The molecule has 0 bridgehead atoms. The van der Waals surface area contributed by atoms with E-state index in [-0.39, 0.29) is 11.6 Å². The summed E-state index contributed by atoms with van der Waals surface area (Å²) >= 11 is 6.28. The van der Waals surface area contributed by atoms with Gasteiger partial charge < -0.3 is 14.5 Å². The lowest BCUT2D eigenvalue weighted by atomic mass is 10.1. The molecule has 2 aromatic carbocycles.